The van der Waals surface area contributed by atoms with E-state index in [1.54, 1.807) is 0 Å². The van der Waals surface area contributed by atoms with Crippen molar-refractivity contribution in [2.75, 3.05) is 32.1 Å². The molecule has 21 heavy (non-hydrogen) atoms. The fourth-order valence-corrected chi connectivity index (χ4v) is 4.14. The van der Waals surface area contributed by atoms with Crippen LogP contribution in [0.1, 0.15) is 32.1 Å². The lowest BCUT2D eigenvalue weighted by atomic mass is 9.92. The lowest BCUT2D eigenvalue weighted by molar-refractivity contribution is -0.122. The molecular formula is C13H24N2O5S. The van der Waals surface area contributed by atoms with Crippen LogP contribution in [0.3, 0.4) is 0 Å². The normalized spacial score (nSPS) is 28.2. The van der Waals surface area contributed by atoms with E-state index in [0.29, 0.717) is 32.7 Å². The smallest absolute Gasteiger partial charge is 0.221 e. The summed E-state index contributed by atoms with van der Waals surface area (Å²) in [5.41, 5.74) is 0. The van der Waals surface area contributed by atoms with E-state index in [0.717, 1.165) is 19.3 Å². The second-order valence-corrected chi connectivity index (χ2v) is 7.69. The maximum absolute atomic E-state index is 12.1. The van der Waals surface area contributed by atoms with E-state index < -0.39 is 16.1 Å². The van der Waals surface area contributed by atoms with Gasteiger partial charge in [-0.2, -0.15) is 4.31 Å². The van der Waals surface area contributed by atoms with E-state index in [9.17, 15) is 18.3 Å². The molecular weight excluding hydrogens is 296 g/mol. The summed E-state index contributed by atoms with van der Waals surface area (Å²) in [4.78, 5) is 11.9. The van der Waals surface area contributed by atoms with Gasteiger partial charge in [-0.1, -0.05) is 12.8 Å². The van der Waals surface area contributed by atoms with Crippen LogP contribution in [0.4, 0.5) is 0 Å². The van der Waals surface area contributed by atoms with Crippen molar-refractivity contribution < 1.29 is 23.1 Å². The summed E-state index contributed by atoms with van der Waals surface area (Å²) in [5.74, 6) is -0.500. The highest BCUT2D eigenvalue weighted by Crippen LogP contribution is 2.18. The monoisotopic (exact) mass is 320 g/mol. The molecule has 0 aromatic carbocycles. The molecule has 2 fully saturated rings. The summed E-state index contributed by atoms with van der Waals surface area (Å²) in [6, 6.07) is -0.239. The lowest BCUT2D eigenvalue weighted by Gasteiger charge is -2.29. The number of nitrogens with zero attached hydrogens (tertiary/aromatic N) is 1. The number of morpholine rings is 1. The molecule has 2 rings (SSSR count). The Bertz CT molecular complexity index is 447. The van der Waals surface area contributed by atoms with Gasteiger partial charge in [0.05, 0.1) is 31.1 Å². The molecule has 1 aliphatic carbocycles. The number of carbonyl (C=O) groups excluding carboxylic acids is 1. The molecule has 1 heterocycles. The SMILES string of the molecule is O=C(CCS(=O)(=O)N1CCOCC1)N[C@H]1CCCC[C@@H]1O. The number of ether oxygens (including phenoxy) is 1. The number of carbonyl (C=O) groups is 1. The first-order valence-corrected chi connectivity index (χ1v) is 9.13. The van der Waals surface area contributed by atoms with Crippen LogP contribution in [0.25, 0.3) is 0 Å². The number of aliphatic hydroxyl groups excluding tert-OH is 1. The van der Waals surface area contributed by atoms with Crippen molar-refractivity contribution in [1.82, 2.24) is 9.62 Å². The molecule has 0 bridgehead atoms. The molecule has 1 amide bonds. The summed E-state index contributed by atoms with van der Waals surface area (Å²) in [6.45, 7) is 1.51. The second kappa shape index (κ2) is 7.53. The molecule has 0 unspecified atom stereocenters. The Hall–Kier alpha value is -0.700. The zero-order valence-corrected chi connectivity index (χ0v) is 13.0. The number of nitrogens with one attached hydrogen (secondary N) is 1. The topological polar surface area (TPSA) is 95.9 Å². The Labute approximate surface area is 125 Å². The van der Waals surface area contributed by atoms with Gasteiger partial charge in [-0.25, -0.2) is 8.42 Å². The van der Waals surface area contributed by atoms with Crippen LogP contribution in [0.2, 0.25) is 0 Å². The molecule has 8 heteroatoms. The minimum atomic E-state index is -3.40. The average Bonchev–Trinajstić information content (AvgIpc) is 2.49. The van der Waals surface area contributed by atoms with E-state index in [2.05, 4.69) is 5.32 Å². The third-order valence-electron chi connectivity index (χ3n) is 4.03. The molecule has 1 aliphatic heterocycles. The summed E-state index contributed by atoms with van der Waals surface area (Å²) < 4.78 is 30.7. The highest BCUT2D eigenvalue weighted by molar-refractivity contribution is 7.89. The van der Waals surface area contributed by atoms with Crippen LogP contribution < -0.4 is 5.32 Å². The zero-order chi connectivity index (χ0) is 15.3. The summed E-state index contributed by atoms with van der Waals surface area (Å²) in [7, 11) is -3.40. The van der Waals surface area contributed by atoms with E-state index in [-0.39, 0.29) is 24.1 Å². The van der Waals surface area contributed by atoms with Gasteiger partial charge in [-0.05, 0) is 12.8 Å². The van der Waals surface area contributed by atoms with Crippen LogP contribution in [-0.4, -0.2) is 67.9 Å². The largest absolute Gasteiger partial charge is 0.391 e. The maximum Gasteiger partial charge on any atom is 0.221 e. The molecule has 7 nitrogen and oxygen atoms in total. The molecule has 2 aliphatic rings. The standard InChI is InChI=1S/C13H24N2O5S/c16-12-4-2-1-3-11(12)14-13(17)5-10-21(18,19)15-6-8-20-9-7-15/h11-12,16H,1-10H2,(H,14,17)/t11-,12-/m0/s1. The third-order valence-corrected chi connectivity index (χ3v) is 5.90. The predicted octanol–water partition coefficient (Wildman–Crippen LogP) is -0.542. The number of sulfonamides is 1. The number of rotatable bonds is 5. The first kappa shape index (κ1) is 16.7. The Kier molecular flexibility index (Phi) is 5.98. The van der Waals surface area contributed by atoms with Crippen molar-refractivity contribution in [3.63, 3.8) is 0 Å². The summed E-state index contributed by atoms with van der Waals surface area (Å²) in [6.07, 6.45) is 2.81. The molecule has 0 spiro atoms. The van der Waals surface area contributed by atoms with Crippen LogP contribution in [0.5, 0.6) is 0 Å². The fourth-order valence-electron chi connectivity index (χ4n) is 2.73. The van der Waals surface area contributed by atoms with Gasteiger partial charge in [0, 0.05) is 19.5 Å². The van der Waals surface area contributed by atoms with Crippen molar-refractivity contribution >= 4 is 15.9 Å². The van der Waals surface area contributed by atoms with E-state index in [1.807, 2.05) is 0 Å². The van der Waals surface area contributed by atoms with Crippen molar-refractivity contribution in [2.24, 2.45) is 0 Å². The van der Waals surface area contributed by atoms with Gasteiger partial charge in [-0.3, -0.25) is 4.79 Å². The van der Waals surface area contributed by atoms with E-state index in [4.69, 9.17) is 4.74 Å². The molecule has 0 radical (unpaired) electrons. The molecule has 1 saturated heterocycles. The van der Waals surface area contributed by atoms with Gasteiger partial charge in [0.15, 0.2) is 0 Å². The predicted molar refractivity (Wildman–Crippen MR) is 77.2 cm³/mol. The van der Waals surface area contributed by atoms with Gasteiger partial charge in [-0.15, -0.1) is 0 Å². The van der Waals surface area contributed by atoms with Crippen LogP contribution in [0.15, 0.2) is 0 Å². The number of aliphatic hydroxyl groups is 1. The van der Waals surface area contributed by atoms with Gasteiger partial charge >= 0.3 is 0 Å². The molecule has 2 N–H and O–H groups in total. The second-order valence-electron chi connectivity index (χ2n) is 5.60. The molecule has 0 aromatic heterocycles. The van der Waals surface area contributed by atoms with Crippen LogP contribution in [-0.2, 0) is 19.6 Å². The number of hydrogen-bond donors (Lipinski definition) is 2. The summed E-state index contributed by atoms with van der Waals surface area (Å²) in [5, 5.41) is 12.5. The third kappa shape index (κ3) is 4.91. The van der Waals surface area contributed by atoms with Crippen molar-refractivity contribution in [1.29, 1.82) is 0 Å². The quantitative estimate of drug-likeness (QED) is 0.709. The Morgan fingerprint density at radius 2 is 1.90 bits per heavy atom. The van der Waals surface area contributed by atoms with Crippen molar-refractivity contribution in [3.8, 4) is 0 Å². The van der Waals surface area contributed by atoms with Crippen molar-refractivity contribution in [3.05, 3.63) is 0 Å². The maximum atomic E-state index is 12.1. The first-order valence-electron chi connectivity index (χ1n) is 7.52. The number of hydrogen-bond acceptors (Lipinski definition) is 5. The first-order chi connectivity index (χ1) is 9.99. The van der Waals surface area contributed by atoms with E-state index >= 15 is 0 Å². The molecule has 0 aromatic rings. The molecule has 2 atom stereocenters. The highest BCUT2D eigenvalue weighted by atomic mass is 32.2. The van der Waals surface area contributed by atoms with Gasteiger partial charge in [0.1, 0.15) is 0 Å². The zero-order valence-electron chi connectivity index (χ0n) is 12.2. The number of amides is 1. The minimum Gasteiger partial charge on any atom is -0.391 e. The Morgan fingerprint density at radius 1 is 1.24 bits per heavy atom. The molecule has 1 saturated carbocycles. The minimum absolute atomic E-state index is 0.0666. The van der Waals surface area contributed by atoms with Gasteiger partial charge < -0.3 is 15.2 Å². The average molecular weight is 320 g/mol. The Morgan fingerprint density at radius 3 is 2.57 bits per heavy atom. The van der Waals surface area contributed by atoms with Crippen molar-refractivity contribution in [2.45, 2.75) is 44.2 Å². The van der Waals surface area contributed by atoms with Crippen LogP contribution >= 0.6 is 0 Å². The van der Waals surface area contributed by atoms with Gasteiger partial charge in [0.2, 0.25) is 15.9 Å². The van der Waals surface area contributed by atoms with Crippen LogP contribution in [0, 0.1) is 0 Å². The molecule has 122 valence electrons. The fraction of sp³-hybridized carbons (Fsp3) is 0.923. The Balaban J connectivity index is 1.77. The highest BCUT2D eigenvalue weighted by Gasteiger charge is 2.27. The van der Waals surface area contributed by atoms with Gasteiger partial charge in [0.25, 0.3) is 0 Å². The summed E-state index contributed by atoms with van der Waals surface area (Å²) >= 11 is 0. The lowest BCUT2D eigenvalue weighted by Crippen LogP contribution is -2.46. The van der Waals surface area contributed by atoms with E-state index in [1.165, 1.54) is 4.31 Å².